The monoisotopic (exact) mass is 1080 g/mol. The predicted octanol–water partition coefficient (Wildman–Crippen LogP) is 4.61. The van der Waals surface area contributed by atoms with Crippen LogP contribution in [0.2, 0.25) is 0 Å². The third kappa shape index (κ3) is 7.77. The molecule has 0 unspecified atom stereocenters. The summed E-state index contributed by atoms with van der Waals surface area (Å²) in [4.78, 5) is 138. The van der Waals surface area contributed by atoms with E-state index in [9.17, 15) is 43.2 Å². The minimum atomic E-state index is -0.756. The zero-order chi connectivity index (χ0) is 56.6. The molecule has 4 aliphatic carbocycles. The van der Waals surface area contributed by atoms with Crippen molar-refractivity contribution >= 4 is 88.3 Å². The maximum Gasteiger partial charge on any atom is 0.340 e. The average Bonchev–Trinajstić information content (AvgIpc) is 3.00. The molecule has 6 amide bonds. The number of anilines is 4. The van der Waals surface area contributed by atoms with E-state index in [-0.39, 0.29) is 58.5 Å². The molecule has 25 heteroatoms. The molecule has 4 fully saturated rings. The van der Waals surface area contributed by atoms with Gasteiger partial charge >= 0.3 is 18.0 Å². The molecule has 0 bridgehead atoms. The summed E-state index contributed by atoms with van der Waals surface area (Å²) in [5.41, 5.74) is 5.48. The zero-order valence-corrected chi connectivity index (χ0v) is 44.5. The summed E-state index contributed by atoms with van der Waals surface area (Å²) in [6, 6.07) is 2.58. The van der Waals surface area contributed by atoms with E-state index in [1.165, 1.54) is 60.1 Å². The van der Waals surface area contributed by atoms with Crippen LogP contribution < -0.4 is 21.3 Å². The Morgan fingerprint density at radius 3 is 1.39 bits per heavy atom. The van der Waals surface area contributed by atoms with E-state index in [0.717, 1.165) is 0 Å². The zero-order valence-electron chi connectivity index (χ0n) is 44.5. The maximum absolute atomic E-state index is 13.7. The van der Waals surface area contributed by atoms with Crippen molar-refractivity contribution in [3.8, 4) is 0 Å². The van der Waals surface area contributed by atoms with Crippen LogP contribution in [-0.2, 0) is 58.1 Å². The van der Waals surface area contributed by atoms with Crippen molar-refractivity contribution < 1.29 is 52.6 Å². The number of H-pyrrole nitrogens is 2. The molecular formula is C55H52N14O11. The van der Waals surface area contributed by atoms with Gasteiger partial charge in [0.05, 0.1) is 48.1 Å². The number of ketones is 2. The van der Waals surface area contributed by atoms with Gasteiger partial charge in [-0.2, -0.15) is 0 Å². The minimum absolute atomic E-state index is 0.0363. The van der Waals surface area contributed by atoms with E-state index in [1.807, 2.05) is 0 Å². The summed E-state index contributed by atoms with van der Waals surface area (Å²) in [6.45, 7) is 4.20. The van der Waals surface area contributed by atoms with Gasteiger partial charge in [-0.3, -0.25) is 39.4 Å². The number of amides is 6. The van der Waals surface area contributed by atoms with Gasteiger partial charge in [0.2, 0.25) is 23.2 Å². The van der Waals surface area contributed by atoms with Crippen molar-refractivity contribution in [3.63, 3.8) is 0 Å². The normalized spacial score (nSPS) is 20.8. The minimum Gasteiger partial charge on any atom is -0.465 e. The van der Waals surface area contributed by atoms with Gasteiger partial charge in [-0.15, -0.1) is 0 Å². The highest BCUT2D eigenvalue weighted by molar-refractivity contribution is 6.13. The number of aryl methyl sites for hydroxylation is 6. The van der Waals surface area contributed by atoms with Crippen molar-refractivity contribution in [3.05, 3.63) is 141 Å². The van der Waals surface area contributed by atoms with Crippen LogP contribution in [0.5, 0.6) is 0 Å². The Morgan fingerprint density at radius 2 is 1.00 bits per heavy atom. The van der Waals surface area contributed by atoms with Crippen LogP contribution in [0, 0.1) is 25.7 Å². The van der Waals surface area contributed by atoms with Crippen molar-refractivity contribution in [2.24, 2.45) is 40.0 Å². The highest BCUT2D eigenvalue weighted by Crippen LogP contribution is 2.68. The number of carbonyl (C=O) groups is 9. The molecule has 25 nitrogen and oxygen atoms in total. The number of fused-ring (bicyclic) bond motifs is 2. The number of hydrogen-bond acceptors (Lipinski definition) is 13. The summed E-state index contributed by atoms with van der Waals surface area (Å²) in [5, 5.41) is 10.7. The molecular weight excluding hydrogens is 1030 g/mol. The van der Waals surface area contributed by atoms with Crippen LogP contribution in [0.15, 0.2) is 72.6 Å². The third-order valence-electron chi connectivity index (χ3n) is 16.2. The molecule has 80 heavy (non-hydrogen) atoms. The Morgan fingerprint density at radius 1 is 0.600 bits per heavy atom. The highest BCUT2D eigenvalue weighted by atomic mass is 16.5. The fraction of sp³-hybridized carbons (Fsp3) is 0.291. The summed E-state index contributed by atoms with van der Waals surface area (Å²) in [5.74, 6) is -3.51. The third-order valence-corrected chi connectivity index (χ3v) is 16.2. The van der Waals surface area contributed by atoms with Gasteiger partial charge in [0.1, 0.15) is 0 Å². The average molecular weight is 1090 g/mol. The fourth-order valence-electron chi connectivity index (χ4n) is 12.4. The molecule has 408 valence electrons. The molecule has 6 aromatic heterocycles. The van der Waals surface area contributed by atoms with Gasteiger partial charge in [0, 0.05) is 146 Å². The van der Waals surface area contributed by atoms with Crippen LogP contribution in [0.25, 0.3) is 12.2 Å². The van der Waals surface area contributed by atoms with E-state index in [1.54, 1.807) is 97.7 Å². The molecule has 8 heterocycles. The lowest BCUT2D eigenvalue weighted by Crippen LogP contribution is -2.33. The van der Waals surface area contributed by atoms with Crippen molar-refractivity contribution in [2.75, 3.05) is 48.6 Å². The van der Waals surface area contributed by atoms with E-state index in [0.29, 0.717) is 105 Å². The van der Waals surface area contributed by atoms with E-state index in [2.05, 4.69) is 41.2 Å². The topological polar surface area (TPSA) is 304 Å². The van der Waals surface area contributed by atoms with Gasteiger partial charge < -0.3 is 58.1 Å². The van der Waals surface area contributed by atoms with Crippen LogP contribution in [0.1, 0.15) is 110 Å². The fourth-order valence-corrected chi connectivity index (χ4v) is 12.4. The number of methoxy groups -OCH3 is 2. The number of esters is 2. The second kappa shape index (κ2) is 18.0. The molecule has 6 N–H and O–H groups in total. The summed E-state index contributed by atoms with van der Waals surface area (Å²) < 4.78 is 16.4. The second-order valence-electron chi connectivity index (χ2n) is 21.0. The first kappa shape index (κ1) is 50.7. The molecule has 12 rings (SSSR count). The molecule has 2 saturated heterocycles. The van der Waals surface area contributed by atoms with Crippen LogP contribution in [0.4, 0.5) is 27.8 Å². The number of nitrogens with one attached hydrogen (secondary N) is 6. The summed E-state index contributed by atoms with van der Waals surface area (Å²) in [6.07, 6.45) is 16.6. The first-order chi connectivity index (χ1) is 38.1. The highest BCUT2D eigenvalue weighted by Gasteiger charge is 2.70. The van der Waals surface area contributed by atoms with Gasteiger partial charge in [-0.05, 0) is 62.8 Å². The lowest BCUT2D eigenvalue weighted by atomic mass is 9.82. The molecule has 6 aromatic rings. The SMILES string of the molecule is COC(=O)c1c(C)[nH]c2c1[C@@]13C[C@@H]1CN(C(=O)/C=C/c1cc(NC(=O)c4nc(NC(=O)Nc5cn(C)c(C(=O)Nc6cc(/C=C/C(=O)N7C[C@H]8C[C@@]89C7=CC(=O)c7[nH]c(C)c(C(=O)OC)c79)n(C)c6)n5)cn4C)cn1C)C3=CC2=O. The quantitative estimate of drug-likeness (QED) is 0.0722. The van der Waals surface area contributed by atoms with Gasteiger partial charge in [-0.25, -0.2) is 24.4 Å². The van der Waals surface area contributed by atoms with Crippen molar-refractivity contribution in [1.29, 1.82) is 0 Å². The number of carbonyl (C=O) groups excluding carboxylic acids is 9. The first-order valence-electron chi connectivity index (χ1n) is 25.4. The Kier molecular flexibility index (Phi) is 11.4. The second-order valence-corrected chi connectivity index (χ2v) is 21.0. The van der Waals surface area contributed by atoms with E-state index in [4.69, 9.17) is 9.47 Å². The number of piperidine rings is 2. The lowest BCUT2D eigenvalue weighted by Gasteiger charge is -2.27. The van der Waals surface area contributed by atoms with E-state index >= 15 is 0 Å². The van der Waals surface area contributed by atoms with Crippen molar-refractivity contribution in [2.45, 2.75) is 37.5 Å². The standard InChI is InChI=1S/C55H52N14O11/c1-25-41(51(76)79-7)43-45(56-25)33(70)15-35-54(43)17-27(54)19-68(35)39(72)11-9-31-13-29(21-64(31)3)58-49(74)47-60-37(23-66(47)5)62-53(78)63-38-24-67(6)48(61-38)50(75)59-30-14-32(65(4)22-30)10-12-40(73)69-20-28-18-55(28)36(69)16-34(71)46-44(55)42(26(2)57-46)52(77)80-8/h9-16,21-24,27-28,56-57H,17-20H2,1-8H3,(H,58,74)(H,59,75)(H2,62,63,78)/b11-9+,12-10+/t27-,28-,54+,55+/m1/s1. The number of imidazole rings is 2. The van der Waals surface area contributed by atoms with Crippen molar-refractivity contribution in [1.82, 2.24) is 48.0 Å². The number of aromatic nitrogens is 8. The maximum atomic E-state index is 13.7. The van der Waals surface area contributed by atoms with Gasteiger partial charge in [-0.1, -0.05) is 0 Å². The Bertz CT molecular complexity index is 3730. The molecule has 2 spiro atoms. The van der Waals surface area contributed by atoms with Crippen LogP contribution in [-0.4, -0.2) is 128 Å². The molecule has 2 aliphatic heterocycles. The molecule has 6 aliphatic rings. The summed E-state index contributed by atoms with van der Waals surface area (Å²) in [7, 11) is 9.23. The number of nitrogens with zero attached hydrogens (tertiary/aromatic N) is 8. The molecule has 0 radical (unpaired) electrons. The number of aromatic amines is 2. The number of allylic oxidation sites excluding steroid dienone is 4. The first-order valence-corrected chi connectivity index (χ1v) is 25.4. The smallest absolute Gasteiger partial charge is 0.340 e. The molecule has 2 saturated carbocycles. The Balaban J connectivity index is 0.640. The van der Waals surface area contributed by atoms with E-state index < -0.39 is 40.6 Å². The Hall–Kier alpha value is -10.1. The number of hydrogen-bond donors (Lipinski definition) is 6. The molecule has 4 atom stereocenters. The lowest BCUT2D eigenvalue weighted by molar-refractivity contribution is -0.124. The number of urea groups is 1. The number of ether oxygens (including phenoxy) is 2. The van der Waals surface area contributed by atoms with Crippen LogP contribution in [0.3, 0.4) is 0 Å². The van der Waals surface area contributed by atoms with Gasteiger partial charge in [0.25, 0.3) is 23.6 Å². The van der Waals surface area contributed by atoms with Crippen LogP contribution >= 0.6 is 0 Å². The molecule has 0 aromatic carbocycles. The number of likely N-dealkylation sites (tertiary alicyclic amines) is 2. The predicted molar refractivity (Wildman–Crippen MR) is 285 cm³/mol. The summed E-state index contributed by atoms with van der Waals surface area (Å²) >= 11 is 0. The Labute approximate surface area is 454 Å². The largest absolute Gasteiger partial charge is 0.465 e. The van der Waals surface area contributed by atoms with Gasteiger partial charge in [0.15, 0.2) is 11.6 Å². The number of rotatable bonds is 12.